The lowest BCUT2D eigenvalue weighted by Gasteiger charge is -2.19. The largest absolute Gasteiger partial charge is 0.450 e. The maximum atomic E-state index is 11.6. The first kappa shape index (κ1) is 16.4. The van der Waals surface area contributed by atoms with Crippen molar-refractivity contribution in [2.24, 2.45) is 0 Å². The third-order valence-corrected chi connectivity index (χ3v) is 5.24. The van der Waals surface area contributed by atoms with Crippen LogP contribution in [0.3, 0.4) is 0 Å². The van der Waals surface area contributed by atoms with Crippen molar-refractivity contribution >= 4 is 15.5 Å². The van der Waals surface area contributed by atoms with Crippen LogP contribution in [0.15, 0.2) is 41.3 Å². The van der Waals surface area contributed by atoms with Gasteiger partial charge in [0.15, 0.2) is 9.84 Å². The van der Waals surface area contributed by atoms with Gasteiger partial charge in [-0.05, 0) is 55.0 Å². The molecule has 0 aliphatic heterocycles. The Morgan fingerprint density at radius 3 is 2.54 bits per heavy atom. The van der Waals surface area contributed by atoms with E-state index in [1.165, 1.54) is 17.7 Å². The molecule has 0 spiro atoms. The molecule has 0 unspecified atom stereocenters. The van der Waals surface area contributed by atoms with Crippen LogP contribution in [0.5, 0.6) is 11.5 Å². The van der Waals surface area contributed by atoms with Crippen molar-refractivity contribution in [2.75, 3.05) is 6.26 Å². The molecule has 3 rings (SSSR count). The number of ether oxygens (including phenoxy) is 1. The minimum absolute atomic E-state index is 0.0476. The van der Waals surface area contributed by atoms with Gasteiger partial charge in [-0.3, -0.25) is 10.1 Å². The van der Waals surface area contributed by atoms with Crippen molar-refractivity contribution in [3.8, 4) is 11.5 Å². The van der Waals surface area contributed by atoms with Crippen molar-refractivity contribution < 1.29 is 18.1 Å². The molecule has 0 saturated heterocycles. The summed E-state index contributed by atoms with van der Waals surface area (Å²) in [5.74, 6) is 0.647. The lowest BCUT2D eigenvalue weighted by molar-refractivity contribution is -0.385. The molecule has 0 aromatic heterocycles. The Morgan fingerprint density at radius 1 is 1.08 bits per heavy atom. The Balaban J connectivity index is 2.03. The summed E-state index contributed by atoms with van der Waals surface area (Å²) in [5.41, 5.74) is 1.92. The summed E-state index contributed by atoms with van der Waals surface area (Å²) in [5, 5.41) is 11.3. The molecule has 0 fully saturated rings. The summed E-state index contributed by atoms with van der Waals surface area (Å²) < 4.78 is 29.0. The van der Waals surface area contributed by atoms with Crippen LogP contribution in [0.4, 0.5) is 5.69 Å². The number of sulfone groups is 1. The van der Waals surface area contributed by atoms with Crippen molar-refractivity contribution in [1.82, 2.24) is 0 Å². The zero-order valence-electron chi connectivity index (χ0n) is 13.2. The number of benzene rings is 2. The molecule has 2 aromatic carbocycles. The van der Waals surface area contributed by atoms with E-state index < -0.39 is 14.8 Å². The number of hydrogen-bond acceptors (Lipinski definition) is 5. The number of nitro groups is 1. The van der Waals surface area contributed by atoms with Gasteiger partial charge < -0.3 is 4.74 Å². The molecule has 0 amide bonds. The lowest BCUT2D eigenvalue weighted by atomic mass is 9.91. The molecule has 6 nitrogen and oxygen atoms in total. The van der Waals surface area contributed by atoms with E-state index in [9.17, 15) is 18.5 Å². The lowest BCUT2D eigenvalue weighted by Crippen LogP contribution is -2.05. The monoisotopic (exact) mass is 347 g/mol. The molecule has 126 valence electrons. The van der Waals surface area contributed by atoms with Crippen LogP contribution in [0.1, 0.15) is 24.0 Å². The van der Waals surface area contributed by atoms with Gasteiger partial charge in [-0.25, -0.2) is 8.42 Å². The Hall–Kier alpha value is -2.41. The van der Waals surface area contributed by atoms with Crippen molar-refractivity contribution in [2.45, 2.75) is 30.6 Å². The number of nitrogens with zero attached hydrogens (tertiary/aromatic N) is 1. The summed E-state index contributed by atoms with van der Waals surface area (Å²) in [6.07, 6.45) is 5.05. The molecule has 0 radical (unpaired) electrons. The van der Waals surface area contributed by atoms with E-state index in [1.807, 2.05) is 12.1 Å². The van der Waals surface area contributed by atoms with Crippen LogP contribution in [0.25, 0.3) is 0 Å². The fraction of sp³-hybridized carbons (Fsp3) is 0.294. The highest BCUT2D eigenvalue weighted by atomic mass is 32.2. The zero-order chi connectivity index (χ0) is 17.3. The topological polar surface area (TPSA) is 86.5 Å². The fourth-order valence-electron chi connectivity index (χ4n) is 2.92. The second-order valence-electron chi connectivity index (χ2n) is 5.86. The highest BCUT2D eigenvalue weighted by molar-refractivity contribution is 7.90. The molecule has 7 heteroatoms. The van der Waals surface area contributed by atoms with Crippen LogP contribution in [-0.2, 0) is 22.7 Å². The van der Waals surface area contributed by atoms with E-state index in [2.05, 4.69) is 0 Å². The number of aryl methyl sites for hydroxylation is 1. The molecule has 0 heterocycles. The summed E-state index contributed by atoms with van der Waals surface area (Å²) in [7, 11) is -3.52. The van der Waals surface area contributed by atoms with Gasteiger partial charge in [0, 0.05) is 12.3 Å². The predicted octanol–water partition coefficient (Wildman–Crippen LogP) is 3.67. The third kappa shape index (κ3) is 3.26. The van der Waals surface area contributed by atoms with Gasteiger partial charge in [0.1, 0.15) is 5.75 Å². The van der Waals surface area contributed by atoms with Crippen molar-refractivity contribution in [3.63, 3.8) is 0 Å². The Bertz CT molecular complexity index is 905. The van der Waals surface area contributed by atoms with Crippen LogP contribution >= 0.6 is 0 Å². The number of fused-ring (bicyclic) bond motifs is 1. The normalized spacial score (nSPS) is 14.0. The van der Waals surface area contributed by atoms with E-state index in [1.54, 1.807) is 6.07 Å². The zero-order valence-corrected chi connectivity index (χ0v) is 14.0. The van der Waals surface area contributed by atoms with E-state index in [0.29, 0.717) is 5.75 Å². The number of hydrogen-bond donors (Lipinski definition) is 0. The average molecular weight is 347 g/mol. The highest BCUT2D eigenvalue weighted by Crippen LogP contribution is 2.37. The molecule has 0 bridgehead atoms. The molecule has 0 N–H and O–H groups in total. The minimum atomic E-state index is -3.52. The molecule has 2 aromatic rings. The molecular formula is C17H17NO5S. The SMILES string of the molecule is CS(=O)(=O)c1ccc(Oc2cccc3c2CCCC3)c([N+](=O)[O-])c1. The first-order valence-electron chi connectivity index (χ1n) is 7.63. The van der Waals surface area contributed by atoms with Crippen molar-refractivity contribution in [3.05, 3.63) is 57.6 Å². The molecule has 0 saturated carbocycles. The highest BCUT2D eigenvalue weighted by Gasteiger charge is 2.22. The van der Waals surface area contributed by atoms with Crippen LogP contribution in [-0.4, -0.2) is 19.6 Å². The van der Waals surface area contributed by atoms with Gasteiger partial charge in [0.25, 0.3) is 0 Å². The molecule has 24 heavy (non-hydrogen) atoms. The van der Waals surface area contributed by atoms with E-state index in [4.69, 9.17) is 4.74 Å². The van der Waals surface area contributed by atoms with Gasteiger partial charge in [0.05, 0.1) is 9.82 Å². The molecule has 0 atom stereocenters. The summed E-state index contributed by atoms with van der Waals surface area (Å²) in [6, 6.07) is 9.42. The van der Waals surface area contributed by atoms with Gasteiger partial charge in [0.2, 0.25) is 5.75 Å². The summed E-state index contributed by atoms with van der Waals surface area (Å²) in [4.78, 5) is 10.6. The second kappa shape index (κ2) is 6.24. The predicted molar refractivity (Wildman–Crippen MR) is 89.4 cm³/mol. The van der Waals surface area contributed by atoms with Gasteiger partial charge in [-0.15, -0.1) is 0 Å². The van der Waals surface area contributed by atoms with Crippen LogP contribution in [0.2, 0.25) is 0 Å². The third-order valence-electron chi connectivity index (χ3n) is 4.13. The second-order valence-corrected chi connectivity index (χ2v) is 7.88. The van der Waals surface area contributed by atoms with E-state index in [0.717, 1.165) is 43.6 Å². The quantitative estimate of drug-likeness (QED) is 0.622. The fourth-order valence-corrected chi connectivity index (χ4v) is 3.56. The number of nitro benzene ring substituents is 1. The smallest absolute Gasteiger partial charge is 0.312 e. The average Bonchev–Trinajstić information content (AvgIpc) is 2.54. The van der Waals surface area contributed by atoms with E-state index >= 15 is 0 Å². The van der Waals surface area contributed by atoms with Crippen LogP contribution in [0, 0.1) is 10.1 Å². The summed E-state index contributed by atoms with van der Waals surface area (Å²) in [6.45, 7) is 0. The minimum Gasteiger partial charge on any atom is -0.450 e. The first-order chi connectivity index (χ1) is 11.4. The number of rotatable bonds is 4. The van der Waals surface area contributed by atoms with E-state index in [-0.39, 0.29) is 16.3 Å². The van der Waals surface area contributed by atoms with Crippen molar-refractivity contribution in [1.29, 1.82) is 0 Å². The Morgan fingerprint density at radius 2 is 1.83 bits per heavy atom. The molecule has 1 aliphatic carbocycles. The van der Waals surface area contributed by atoms with Crippen LogP contribution < -0.4 is 4.74 Å². The van der Waals surface area contributed by atoms with Gasteiger partial charge >= 0.3 is 5.69 Å². The summed E-state index contributed by atoms with van der Waals surface area (Å²) >= 11 is 0. The first-order valence-corrected chi connectivity index (χ1v) is 9.52. The maximum absolute atomic E-state index is 11.6. The Kier molecular flexibility index (Phi) is 4.28. The standard InChI is InChI=1S/C17H17NO5S/c1-24(21,22)13-9-10-17(15(11-13)18(19)20)23-16-8-4-6-12-5-2-3-7-14(12)16/h4,6,8-11H,2-3,5,7H2,1H3. The van der Waals surface area contributed by atoms with Gasteiger partial charge in [-0.1, -0.05) is 12.1 Å². The Labute approximate surface area is 140 Å². The molecule has 1 aliphatic rings. The maximum Gasteiger partial charge on any atom is 0.312 e. The molecular weight excluding hydrogens is 330 g/mol. The van der Waals surface area contributed by atoms with Gasteiger partial charge in [-0.2, -0.15) is 0 Å².